The van der Waals surface area contributed by atoms with E-state index in [0.717, 1.165) is 22.6 Å². The number of carboxylic acid groups (broad SMARTS) is 2. The molecule has 0 radical (unpaired) electrons. The molecule has 41 heavy (non-hydrogen) atoms. The molecule has 1 atom stereocenters. The van der Waals surface area contributed by atoms with Crippen LogP contribution in [0.3, 0.4) is 0 Å². The van der Waals surface area contributed by atoms with Gasteiger partial charge < -0.3 is 30.7 Å². The molecule has 1 heterocycles. The summed E-state index contributed by atoms with van der Waals surface area (Å²) in [6.45, 7) is 0.0273. The average molecular weight is 563 g/mol. The minimum absolute atomic E-state index is 0.0975. The fourth-order valence-electron chi connectivity index (χ4n) is 4.02. The predicted octanol–water partition coefficient (Wildman–Crippen LogP) is 2.13. The second kappa shape index (κ2) is 14.2. The summed E-state index contributed by atoms with van der Waals surface area (Å²) in [7, 11) is 3.27. The number of carbonyl (C=O) groups is 3. The van der Waals surface area contributed by atoms with Gasteiger partial charge in [-0.2, -0.15) is 0 Å². The molecule has 0 fully saturated rings. The fourth-order valence-corrected chi connectivity index (χ4v) is 4.02. The second-order valence-corrected chi connectivity index (χ2v) is 8.77. The molecule has 4 aromatic rings. The van der Waals surface area contributed by atoms with Gasteiger partial charge in [0.15, 0.2) is 0 Å². The number of benzene rings is 3. The Bertz CT molecular complexity index is 1560. The van der Waals surface area contributed by atoms with Crippen LogP contribution in [0.25, 0.3) is 10.9 Å². The molecule has 12 nitrogen and oxygen atoms in total. The molecule has 0 saturated carbocycles. The Morgan fingerprint density at radius 1 is 0.902 bits per heavy atom. The monoisotopic (exact) mass is 562 g/mol. The minimum atomic E-state index is -1.82. The molecule has 0 aliphatic heterocycles. The number of hydrogen-bond donors (Lipinski definition) is 4. The molecule has 4 rings (SSSR count). The van der Waals surface area contributed by atoms with Crippen LogP contribution in [0, 0.1) is 0 Å². The van der Waals surface area contributed by atoms with Crippen LogP contribution >= 0.6 is 0 Å². The summed E-state index contributed by atoms with van der Waals surface area (Å²) in [5, 5.41) is 18.8. The molecule has 0 spiro atoms. The number of fused-ring (bicyclic) bond motifs is 1. The van der Waals surface area contributed by atoms with Crippen molar-refractivity contribution in [3.8, 4) is 11.5 Å². The first kappa shape index (κ1) is 30.3. The summed E-state index contributed by atoms with van der Waals surface area (Å²) < 4.78 is 11.9. The van der Waals surface area contributed by atoms with Gasteiger partial charge in [0.2, 0.25) is 5.91 Å². The van der Waals surface area contributed by atoms with Crippen LogP contribution in [-0.2, 0) is 33.9 Å². The summed E-state index contributed by atoms with van der Waals surface area (Å²) in [4.78, 5) is 47.7. The second-order valence-electron chi connectivity index (χ2n) is 8.77. The average Bonchev–Trinajstić information content (AvgIpc) is 2.97. The molecule has 12 heteroatoms. The van der Waals surface area contributed by atoms with Gasteiger partial charge in [-0.3, -0.25) is 14.2 Å². The highest BCUT2D eigenvalue weighted by atomic mass is 16.5. The van der Waals surface area contributed by atoms with Crippen molar-refractivity contribution in [2.24, 2.45) is 5.73 Å². The Labute approximate surface area is 235 Å². The van der Waals surface area contributed by atoms with Crippen molar-refractivity contribution >= 4 is 28.7 Å². The lowest BCUT2D eigenvalue weighted by molar-refractivity contribution is -0.159. The highest BCUT2D eigenvalue weighted by molar-refractivity contribution is 6.27. The number of rotatable bonds is 10. The lowest BCUT2D eigenvalue weighted by Gasteiger charge is -2.21. The van der Waals surface area contributed by atoms with Crippen molar-refractivity contribution in [1.82, 2.24) is 14.9 Å². The summed E-state index contributed by atoms with van der Waals surface area (Å²) in [6.07, 6.45) is 0.684. The van der Waals surface area contributed by atoms with Crippen molar-refractivity contribution in [2.45, 2.75) is 25.6 Å². The Balaban J connectivity index is 0.000000696. The number of aliphatic carboxylic acids is 2. The van der Waals surface area contributed by atoms with Crippen LogP contribution in [0.2, 0.25) is 0 Å². The maximum atomic E-state index is 13.1. The number of amides is 1. The number of nitrogens with zero attached hydrogens (tertiary/aromatic N) is 2. The molecule has 0 aliphatic carbocycles. The SMILES string of the molecule is COc1ccc(CC(NCc2nc3ccccc3c(=O)n2CC(N)=O)c2ccc(OC)cc2)cc1.O=C(O)C(=O)O. The van der Waals surface area contributed by atoms with Crippen LogP contribution in [-0.4, -0.2) is 51.8 Å². The van der Waals surface area contributed by atoms with Gasteiger partial charge in [-0.25, -0.2) is 14.6 Å². The van der Waals surface area contributed by atoms with Gasteiger partial charge in [0.05, 0.1) is 31.7 Å². The van der Waals surface area contributed by atoms with Crippen molar-refractivity contribution in [3.05, 3.63) is 100 Å². The quantitative estimate of drug-likeness (QED) is 0.209. The molecule has 0 bridgehead atoms. The topological polar surface area (TPSA) is 183 Å². The zero-order chi connectivity index (χ0) is 29.9. The number of methoxy groups -OCH3 is 2. The van der Waals surface area contributed by atoms with Gasteiger partial charge in [0, 0.05) is 6.04 Å². The molecule has 1 aromatic heterocycles. The van der Waals surface area contributed by atoms with Gasteiger partial charge in [0.1, 0.15) is 23.9 Å². The van der Waals surface area contributed by atoms with E-state index in [0.29, 0.717) is 23.1 Å². The van der Waals surface area contributed by atoms with E-state index in [1.54, 1.807) is 32.4 Å². The van der Waals surface area contributed by atoms with Crippen LogP contribution < -0.4 is 26.1 Å². The molecule has 0 aliphatic rings. The standard InChI is InChI=1S/C27H28N4O4.C2H2O4/c1-34-20-11-7-18(8-12-20)15-24(19-9-13-21(35-2)14-10-19)29-16-26-30-23-6-4-3-5-22(23)27(33)31(26)17-25(28)32;3-1(4)2(5)6/h3-14,24,29H,15-17H2,1-2H3,(H2,28,32);(H,3,4)(H,5,6). The van der Waals surface area contributed by atoms with Crippen LogP contribution in [0.1, 0.15) is 23.0 Å². The van der Waals surface area contributed by atoms with E-state index >= 15 is 0 Å². The molecule has 214 valence electrons. The number of hydrogen-bond acceptors (Lipinski definition) is 8. The van der Waals surface area contributed by atoms with E-state index < -0.39 is 17.8 Å². The number of nitrogens with two attached hydrogens (primary N) is 1. The van der Waals surface area contributed by atoms with E-state index in [9.17, 15) is 9.59 Å². The highest BCUT2D eigenvalue weighted by Gasteiger charge is 2.17. The molecule has 1 unspecified atom stereocenters. The van der Waals surface area contributed by atoms with Crippen molar-refractivity contribution in [1.29, 1.82) is 0 Å². The first-order valence-corrected chi connectivity index (χ1v) is 12.4. The van der Waals surface area contributed by atoms with Crippen molar-refractivity contribution < 1.29 is 34.1 Å². The number of ether oxygens (including phenoxy) is 2. The molecular weight excluding hydrogens is 532 g/mol. The van der Waals surface area contributed by atoms with E-state index in [2.05, 4.69) is 10.3 Å². The van der Waals surface area contributed by atoms with Crippen molar-refractivity contribution in [2.75, 3.05) is 14.2 Å². The van der Waals surface area contributed by atoms with Crippen LogP contribution in [0.5, 0.6) is 11.5 Å². The molecule has 0 saturated heterocycles. The highest BCUT2D eigenvalue weighted by Crippen LogP contribution is 2.23. The van der Waals surface area contributed by atoms with E-state index in [-0.39, 0.29) is 24.7 Å². The third-order valence-electron chi connectivity index (χ3n) is 6.06. The molecular formula is C29H30N4O8. The predicted molar refractivity (Wildman–Crippen MR) is 150 cm³/mol. The van der Waals surface area contributed by atoms with Gasteiger partial charge in [0.25, 0.3) is 5.56 Å². The van der Waals surface area contributed by atoms with Crippen LogP contribution in [0.4, 0.5) is 0 Å². The van der Waals surface area contributed by atoms with Gasteiger partial charge in [-0.15, -0.1) is 0 Å². The van der Waals surface area contributed by atoms with Crippen molar-refractivity contribution in [3.63, 3.8) is 0 Å². The summed E-state index contributed by atoms with van der Waals surface area (Å²) in [5.41, 5.74) is 7.88. The fraction of sp³-hybridized carbons (Fsp3) is 0.207. The van der Waals surface area contributed by atoms with E-state index in [1.807, 2.05) is 54.6 Å². The number of para-hydroxylation sites is 1. The lowest BCUT2D eigenvalue weighted by Crippen LogP contribution is -2.34. The Morgan fingerprint density at radius 3 is 2.00 bits per heavy atom. The normalized spacial score (nSPS) is 11.2. The maximum absolute atomic E-state index is 13.1. The Kier molecular flexibility index (Phi) is 10.5. The molecule has 3 aromatic carbocycles. The third-order valence-corrected chi connectivity index (χ3v) is 6.06. The zero-order valence-electron chi connectivity index (χ0n) is 22.4. The number of carbonyl (C=O) groups excluding carboxylic acids is 1. The lowest BCUT2D eigenvalue weighted by atomic mass is 9.98. The number of carboxylic acids is 2. The summed E-state index contributed by atoms with van der Waals surface area (Å²) in [5.74, 6) is -2.25. The molecule has 5 N–H and O–H groups in total. The smallest absolute Gasteiger partial charge is 0.414 e. The summed E-state index contributed by atoms with van der Waals surface area (Å²) in [6, 6.07) is 22.7. The first-order chi connectivity index (χ1) is 19.6. The number of primary amides is 1. The first-order valence-electron chi connectivity index (χ1n) is 12.4. The largest absolute Gasteiger partial charge is 0.497 e. The summed E-state index contributed by atoms with van der Waals surface area (Å²) >= 11 is 0. The number of nitrogens with one attached hydrogen (secondary N) is 1. The Hall–Kier alpha value is -5.23. The molecule has 1 amide bonds. The van der Waals surface area contributed by atoms with Gasteiger partial charge in [-0.05, 0) is 53.9 Å². The van der Waals surface area contributed by atoms with Gasteiger partial charge >= 0.3 is 11.9 Å². The van der Waals surface area contributed by atoms with Gasteiger partial charge in [-0.1, -0.05) is 36.4 Å². The third kappa shape index (κ3) is 8.38. The van der Waals surface area contributed by atoms with E-state index in [4.69, 9.17) is 35.0 Å². The Morgan fingerprint density at radius 2 is 1.46 bits per heavy atom. The number of aromatic nitrogens is 2. The van der Waals surface area contributed by atoms with E-state index in [1.165, 1.54) is 4.57 Å². The zero-order valence-corrected chi connectivity index (χ0v) is 22.4. The maximum Gasteiger partial charge on any atom is 0.414 e. The minimum Gasteiger partial charge on any atom is -0.497 e. The van der Waals surface area contributed by atoms with Crippen LogP contribution in [0.15, 0.2) is 77.6 Å².